The summed E-state index contributed by atoms with van der Waals surface area (Å²) in [5, 5.41) is 2.58. The van der Waals surface area contributed by atoms with Gasteiger partial charge in [0.15, 0.2) is 11.1 Å². The summed E-state index contributed by atoms with van der Waals surface area (Å²) < 4.78 is 20.3. The Balaban J connectivity index is 2.09. The van der Waals surface area contributed by atoms with Crippen LogP contribution in [0.15, 0.2) is 65.6 Å². The van der Waals surface area contributed by atoms with Crippen LogP contribution in [0.1, 0.15) is 5.56 Å². The zero-order chi connectivity index (χ0) is 14.4. The van der Waals surface area contributed by atoms with Crippen molar-refractivity contribution >= 4 is 28.8 Å². The Hall–Kier alpha value is -2.24. The van der Waals surface area contributed by atoms with Crippen LogP contribution in [0.4, 0.5) is 5.69 Å². The van der Waals surface area contributed by atoms with Gasteiger partial charge in [0.25, 0.3) is 0 Å². The van der Waals surface area contributed by atoms with E-state index in [1.54, 1.807) is 24.3 Å². The minimum absolute atomic E-state index is 0.175. The van der Waals surface area contributed by atoms with Gasteiger partial charge >= 0.3 is 0 Å². The highest BCUT2D eigenvalue weighted by molar-refractivity contribution is 7.79. The summed E-state index contributed by atoms with van der Waals surface area (Å²) in [4.78, 5) is 12.0. The van der Waals surface area contributed by atoms with Gasteiger partial charge in [0.2, 0.25) is 5.91 Å². The van der Waals surface area contributed by atoms with E-state index in [4.69, 9.17) is 4.55 Å². The molecule has 20 heavy (non-hydrogen) atoms. The molecule has 0 spiro atoms. The Morgan fingerprint density at radius 3 is 2.40 bits per heavy atom. The van der Waals surface area contributed by atoms with Crippen molar-refractivity contribution in [2.45, 2.75) is 4.90 Å². The molecular formula is C15H13NO3S. The van der Waals surface area contributed by atoms with Crippen LogP contribution in [0.2, 0.25) is 0 Å². The van der Waals surface area contributed by atoms with E-state index in [1.807, 2.05) is 30.3 Å². The number of nitrogens with one attached hydrogen (secondary N) is 1. The maximum absolute atomic E-state index is 11.8. The fourth-order valence-corrected chi connectivity index (χ4v) is 2.13. The molecule has 1 unspecified atom stereocenters. The number of carbonyl (C=O) groups is 1. The number of para-hydroxylation sites is 1. The zero-order valence-corrected chi connectivity index (χ0v) is 11.3. The van der Waals surface area contributed by atoms with Gasteiger partial charge in [-0.15, -0.1) is 0 Å². The second kappa shape index (κ2) is 6.79. The molecule has 5 heteroatoms. The molecule has 0 fully saturated rings. The van der Waals surface area contributed by atoms with Gasteiger partial charge in [-0.25, -0.2) is 4.21 Å². The molecule has 0 bridgehead atoms. The third-order valence-electron chi connectivity index (χ3n) is 2.56. The van der Waals surface area contributed by atoms with Gasteiger partial charge in [-0.05, 0) is 23.8 Å². The second-order valence-electron chi connectivity index (χ2n) is 3.98. The molecule has 0 saturated carbocycles. The fraction of sp³-hybridized carbons (Fsp3) is 0. The van der Waals surface area contributed by atoms with Crippen molar-refractivity contribution in [2.24, 2.45) is 0 Å². The largest absolute Gasteiger partial charge is 0.321 e. The molecule has 0 saturated heterocycles. The molecule has 2 aromatic carbocycles. The molecule has 2 rings (SSSR count). The van der Waals surface area contributed by atoms with Crippen molar-refractivity contribution in [1.29, 1.82) is 0 Å². The second-order valence-corrected chi connectivity index (χ2v) is 4.92. The molecule has 0 aromatic heterocycles. The van der Waals surface area contributed by atoms with Gasteiger partial charge in [-0.2, -0.15) is 0 Å². The lowest BCUT2D eigenvalue weighted by Crippen LogP contribution is -2.10. The maximum Gasteiger partial charge on any atom is 0.248 e. The molecule has 102 valence electrons. The number of rotatable bonds is 4. The average molecular weight is 287 g/mol. The van der Waals surface area contributed by atoms with Crippen molar-refractivity contribution in [3.63, 3.8) is 0 Å². The van der Waals surface area contributed by atoms with Crippen LogP contribution in [-0.4, -0.2) is 14.7 Å². The van der Waals surface area contributed by atoms with E-state index in [9.17, 15) is 9.00 Å². The molecule has 0 heterocycles. The van der Waals surface area contributed by atoms with Gasteiger partial charge in [-0.1, -0.05) is 42.5 Å². The predicted octanol–water partition coefficient (Wildman–Crippen LogP) is 2.92. The van der Waals surface area contributed by atoms with E-state index in [0.717, 1.165) is 5.56 Å². The monoisotopic (exact) mass is 287 g/mol. The predicted molar refractivity (Wildman–Crippen MR) is 79.6 cm³/mol. The van der Waals surface area contributed by atoms with Gasteiger partial charge in [0.05, 0.1) is 10.6 Å². The molecule has 0 aliphatic carbocycles. The van der Waals surface area contributed by atoms with E-state index >= 15 is 0 Å². The molecule has 1 atom stereocenters. The van der Waals surface area contributed by atoms with Gasteiger partial charge in [0.1, 0.15) is 0 Å². The molecule has 2 N–H and O–H groups in total. The van der Waals surface area contributed by atoms with Gasteiger partial charge in [-0.3, -0.25) is 4.79 Å². The number of amides is 1. The summed E-state index contributed by atoms with van der Waals surface area (Å²) in [6.07, 6.45) is 3.06. The Kier molecular flexibility index (Phi) is 4.81. The van der Waals surface area contributed by atoms with Gasteiger partial charge in [0, 0.05) is 6.08 Å². The summed E-state index contributed by atoms with van der Waals surface area (Å²) in [6.45, 7) is 0. The Morgan fingerprint density at radius 2 is 1.70 bits per heavy atom. The van der Waals surface area contributed by atoms with Crippen molar-refractivity contribution in [3.05, 3.63) is 66.2 Å². The van der Waals surface area contributed by atoms with E-state index < -0.39 is 11.1 Å². The first-order valence-electron chi connectivity index (χ1n) is 5.91. The maximum atomic E-state index is 11.8. The van der Waals surface area contributed by atoms with Crippen LogP contribution in [-0.2, 0) is 15.9 Å². The first-order chi connectivity index (χ1) is 9.66. The minimum atomic E-state index is -2.14. The standard InChI is InChI=1S/C15H13NO3S/c17-15(11-10-12-6-2-1-3-7-12)16-13-8-4-5-9-14(13)20(18)19/h1-11H,(H,16,17)(H,18,19). The van der Waals surface area contributed by atoms with Crippen molar-refractivity contribution in [2.75, 3.05) is 5.32 Å². The van der Waals surface area contributed by atoms with Crippen LogP contribution in [0.25, 0.3) is 6.08 Å². The summed E-state index contributed by atoms with van der Waals surface area (Å²) in [5.41, 5.74) is 1.23. The molecule has 0 aliphatic heterocycles. The number of benzene rings is 2. The van der Waals surface area contributed by atoms with Crippen LogP contribution < -0.4 is 5.32 Å². The average Bonchev–Trinajstić information content (AvgIpc) is 2.46. The topological polar surface area (TPSA) is 66.4 Å². The third-order valence-corrected chi connectivity index (χ3v) is 3.29. The van der Waals surface area contributed by atoms with Crippen LogP contribution in [0.3, 0.4) is 0 Å². The van der Waals surface area contributed by atoms with E-state index in [-0.39, 0.29) is 10.8 Å². The highest BCUT2D eigenvalue weighted by Gasteiger charge is 2.08. The number of hydrogen-bond acceptors (Lipinski definition) is 2. The summed E-state index contributed by atoms with van der Waals surface area (Å²) >= 11 is -2.14. The lowest BCUT2D eigenvalue weighted by Gasteiger charge is -2.06. The summed E-state index contributed by atoms with van der Waals surface area (Å²) in [6, 6.07) is 15.8. The first-order valence-corrected chi connectivity index (χ1v) is 7.01. The molecular weight excluding hydrogens is 274 g/mol. The lowest BCUT2D eigenvalue weighted by molar-refractivity contribution is -0.111. The normalized spacial score (nSPS) is 12.2. The lowest BCUT2D eigenvalue weighted by atomic mass is 10.2. The number of hydrogen-bond donors (Lipinski definition) is 2. The van der Waals surface area contributed by atoms with Crippen molar-refractivity contribution in [3.8, 4) is 0 Å². The quantitative estimate of drug-likeness (QED) is 0.671. The zero-order valence-electron chi connectivity index (χ0n) is 10.5. The number of carbonyl (C=O) groups excluding carboxylic acids is 1. The van der Waals surface area contributed by atoms with Crippen LogP contribution in [0, 0.1) is 0 Å². The fourth-order valence-electron chi connectivity index (χ4n) is 1.63. The highest BCUT2D eigenvalue weighted by atomic mass is 32.2. The van der Waals surface area contributed by atoms with Crippen LogP contribution >= 0.6 is 0 Å². The van der Waals surface area contributed by atoms with Gasteiger partial charge < -0.3 is 9.87 Å². The van der Waals surface area contributed by atoms with E-state index in [0.29, 0.717) is 5.69 Å². The van der Waals surface area contributed by atoms with Crippen LogP contribution in [0.5, 0.6) is 0 Å². The molecule has 1 amide bonds. The summed E-state index contributed by atoms with van der Waals surface area (Å²) in [7, 11) is 0. The van der Waals surface area contributed by atoms with Crippen molar-refractivity contribution < 1.29 is 13.6 Å². The molecule has 2 aromatic rings. The smallest absolute Gasteiger partial charge is 0.248 e. The number of anilines is 1. The first kappa shape index (κ1) is 14.2. The Labute approximate surface area is 119 Å². The van der Waals surface area contributed by atoms with E-state index in [2.05, 4.69) is 5.32 Å². The summed E-state index contributed by atoms with van der Waals surface area (Å²) in [5.74, 6) is -0.355. The Bertz CT molecular complexity index is 653. The third kappa shape index (κ3) is 3.88. The SMILES string of the molecule is O=C(C=Cc1ccccc1)Nc1ccccc1S(=O)O. The van der Waals surface area contributed by atoms with E-state index in [1.165, 1.54) is 12.1 Å². The molecule has 0 aliphatic rings. The Morgan fingerprint density at radius 1 is 1.05 bits per heavy atom. The molecule has 0 radical (unpaired) electrons. The van der Waals surface area contributed by atoms with Crippen molar-refractivity contribution in [1.82, 2.24) is 0 Å². The molecule has 4 nitrogen and oxygen atoms in total. The minimum Gasteiger partial charge on any atom is -0.321 e. The highest BCUT2D eigenvalue weighted by Crippen LogP contribution is 2.18.